The number of hydrogen-bond acceptors (Lipinski definition) is 5. The molecule has 0 spiro atoms. The van der Waals surface area contributed by atoms with Crippen LogP contribution in [0.1, 0.15) is 52.0 Å². The highest BCUT2D eigenvalue weighted by Gasteiger charge is 2.57. The van der Waals surface area contributed by atoms with Gasteiger partial charge in [-0.1, -0.05) is 30.3 Å². The van der Waals surface area contributed by atoms with Crippen molar-refractivity contribution in [1.29, 1.82) is 0 Å². The van der Waals surface area contributed by atoms with E-state index in [1.165, 1.54) is 5.56 Å². The van der Waals surface area contributed by atoms with Gasteiger partial charge in [0.25, 0.3) is 0 Å². The van der Waals surface area contributed by atoms with E-state index < -0.39 is 14.0 Å². The van der Waals surface area contributed by atoms with E-state index in [0.29, 0.717) is 31.5 Å². The first kappa shape index (κ1) is 25.2. The van der Waals surface area contributed by atoms with E-state index in [4.69, 9.17) is 9.47 Å². The Kier molecular flexibility index (Phi) is 7.40. The minimum Gasteiger partial charge on any atom is -0.444 e. The lowest BCUT2D eigenvalue weighted by Crippen LogP contribution is -2.61. The van der Waals surface area contributed by atoms with E-state index in [-0.39, 0.29) is 18.2 Å². The van der Waals surface area contributed by atoms with Crippen LogP contribution in [0, 0.1) is 5.92 Å². The maximum absolute atomic E-state index is 13.5. The maximum atomic E-state index is 13.5. The maximum Gasteiger partial charge on any atom is 0.410 e. The lowest BCUT2D eigenvalue weighted by Gasteiger charge is -2.45. The minimum absolute atomic E-state index is 0.0240. The van der Waals surface area contributed by atoms with E-state index >= 15 is 0 Å². The van der Waals surface area contributed by atoms with E-state index in [2.05, 4.69) is 34.4 Å². The molecule has 0 radical (unpaired) electrons. The van der Waals surface area contributed by atoms with Gasteiger partial charge in [-0.3, -0.25) is 9.36 Å². The van der Waals surface area contributed by atoms with Crippen LogP contribution >= 0.6 is 0 Å². The first-order valence-corrected chi connectivity index (χ1v) is 15.7. The van der Waals surface area contributed by atoms with Gasteiger partial charge in [-0.05, 0) is 77.6 Å². The molecule has 188 valence electrons. The Balaban J connectivity index is 1.33. The fraction of sp³-hybridized carbons (Fsp3) is 0.692. The number of carbonyl (C=O) groups excluding carboxylic acids is 2. The summed E-state index contributed by atoms with van der Waals surface area (Å²) in [4.78, 5) is 27.8. The molecule has 3 aliphatic rings. The zero-order valence-electron chi connectivity index (χ0n) is 21.5. The van der Waals surface area contributed by atoms with Crippen molar-refractivity contribution >= 4 is 20.4 Å². The van der Waals surface area contributed by atoms with Crippen molar-refractivity contribution in [3.63, 3.8) is 0 Å². The van der Waals surface area contributed by atoms with Crippen LogP contribution in [0.2, 0.25) is 13.1 Å². The van der Waals surface area contributed by atoms with E-state index in [9.17, 15) is 9.59 Å². The van der Waals surface area contributed by atoms with Gasteiger partial charge < -0.3 is 18.9 Å². The van der Waals surface area contributed by atoms with Gasteiger partial charge in [-0.25, -0.2) is 4.79 Å². The fourth-order valence-electron chi connectivity index (χ4n) is 5.79. The number of hydrogen-bond donors (Lipinski definition) is 0. The molecule has 1 aromatic rings. The van der Waals surface area contributed by atoms with Crippen molar-refractivity contribution in [3.8, 4) is 0 Å². The molecule has 7 nitrogen and oxygen atoms in total. The molecule has 0 aromatic heterocycles. The second-order valence-electron chi connectivity index (χ2n) is 11.5. The Hall–Kier alpha value is -1.90. The highest BCUT2D eigenvalue weighted by Crippen LogP contribution is 2.39. The molecule has 2 atom stereocenters. The van der Waals surface area contributed by atoms with E-state index in [0.717, 1.165) is 38.8 Å². The summed E-state index contributed by atoms with van der Waals surface area (Å²) in [6.07, 6.45) is 3.36. The average molecular weight is 488 g/mol. The van der Waals surface area contributed by atoms with Crippen LogP contribution in [-0.2, 0) is 20.9 Å². The Morgan fingerprint density at radius 2 is 1.74 bits per heavy atom. The first-order valence-electron chi connectivity index (χ1n) is 12.8. The molecule has 0 N–H and O–H groups in total. The van der Waals surface area contributed by atoms with Crippen LogP contribution in [0.4, 0.5) is 4.79 Å². The number of rotatable bonds is 5. The quantitative estimate of drug-likeness (QED) is 0.582. The molecule has 0 unspecified atom stereocenters. The van der Waals surface area contributed by atoms with E-state index in [1.807, 2.05) is 39.0 Å². The molecule has 8 heteroatoms. The van der Waals surface area contributed by atoms with Crippen molar-refractivity contribution in [3.05, 3.63) is 35.9 Å². The molecule has 3 heterocycles. The minimum atomic E-state index is -2.09. The summed E-state index contributed by atoms with van der Waals surface area (Å²) in [7, 11) is -2.09. The molecule has 0 aliphatic carbocycles. The molecular weight excluding hydrogens is 446 g/mol. The standard InChI is InChI=1S/C26H41N3O4Si/c1-26(2,3)33-25(31)27-15-13-22(14-16-27)29-24(30)23-12-11-21(17-28(23)34(29,4)5)19-32-18-20-9-7-6-8-10-20/h6-10,21-23H,11-19H2,1-5H3/t21-,23+/m1/s1. The molecule has 2 amide bonds. The topological polar surface area (TPSA) is 62.3 Å². The summed E-state index contributed by atoms with van der Waals surface area (Å²) >= 11 is 0. The summed E-state index contributed by atoms with van der Waals surface area (Å²) in [6, 6.07) is 10.5. The summed E-state index contributed by atoms with van der Waals surface area (Å²) in [5, 5.41) is 0. The molecular formula is C26H41N3O4Si. The highest BCUT2D eigenvalue weighted by molar-refractivity contribution is 6.76. The summed E-state index contributed by atoms with van der Waals surface area (Å²) in [5.74, 6) is 0.782. The molecule has 1 aromatic carbocycles. The van der Waals surface area contributed by atoms with Crippen LogP contribution < -0.4 is 0 Å². The van der Waals surface area contributed by atoms with Crippen LogP contribution in [0.25, 0.3) is 0 Å². The summed E-state index contributed by atoms with van der Waals surface area (Å²) < 4.78 is 16.4. The Labute approximate surface area is 205 Å². The normalized spacial score (nSPS) is 26.0. The fourth-order valence-corrected chi connectivity index (χ4v) is 9.61. The number of carbonyl (C=O) groups is 2. The summed E-state index contributed by atoms with van der Waals surface area (Å²) in [5.41, 5.74) is 0.712. The second-order valence-corrected chi connectivity index (χ2v) is 15.6. The van der Waals surface area contributed by atoms with Gasteiger partial charge in [0.05, 0.1) is 19.3 Å². The van der Waals surface area contributed by atoms with Crippen molar-refractivity contribution in [1.82, 2.24) is 14.0 Å². The third kappa shape index (κ3) is 5.49. The van der Waals surface area contributed by atoms with Gasteiger partial charge in [0.15, 0.2) is 0 Å². The predicted octanol–water partition coefficient (Wildman–Crippen LogP) is 4.23. The van der Waals surface area contributed by atoms with Crippen molar-refractivity contribution in [2.75, 3.05) is 26.2 Å². The lowest BCUT2D eigenvalue weighted by molar-refractivity contribution is -0.131. The highest BCUT2D eigenvalue weighted by atomic mass is 28.3. The Morgan fingerprint density at radius 3 is 2.38 bits per heavy atom. The van der Waals surface area contributed by atoms with Gasteiger partial charge in [-0.15, -0.1) is 0 Å². The molecule has 3 saturated heterocycles. The molecule has 3 fully saturated rings. The van der Waals surface area contributed by atoms with Crippen molar-refractivity contribution in [2.24, 2.45) is 5.92 Å². The number of amides is 2. The molecule has 3 aliphatic heterocycles. The number of likely N-dealkylation sites (tertiary alicyclic amines) is 1. The van der Waals surface area contributed by atoms with Gasteiger partial charge in [0.2, 0.25) is 14.3 Å². The summed E-state index contributed by atoms with van der Waals surface area (Å²) in [6.45, 7) is 13.9. The number of piperidine rings is 2. The zero-order valence-corrected chi connectivity index (χ0v) is 22.5. The Morgan fingerprint density at radius 1 is 1.06 bits per heavy atom. The third-order valence-electron chi connectivity index (χ3n) is 7.44. The Bertz CT molecular complexity index is 865. The number of ether oxygens (including phenoxy) is 2. The predicted molar refractivity (Wildman–Crippen MR) is 134 cm³/mol. The molecule has 0 saturated carbocycles. The second kappa shape index (κ2) is 9.99. The number of nitrogens with zero attached hydrogens (tertiary/aromatic N) is 3. The molecule has 4 rings (SSSR count). The largest absolute Gasteiger partial charge is 0.444 e. The van der Waals surface area contributed by atoms with Gasteiger partial charge in [0.1, 0.15) is 5.60 Å². The van der Waals surface area contributed by atoms with Gasteiger partial charge >= 0.3 is 6.09 Å². The average Bonchev–Trinajstić information content (AvgIpc) is 2.98. The van der Waals surface area contributed by atoms with Crippen molar-refractivity contribution < 1.29 is 19.1 Å². The number of fused-ring (bicyclic) bond motifs is 1. The molecule has 34 heavy (non-hydrogen) atoms. The van der Waals surface area contributed by atoms with Crippen LogP contribution in [0.15, 0.2) is 30.3 Å². The van der Waals surface area contributed by atoms with Crippen LogP contribution in [-0.4, -0.2) is 78.4 Å². The smallest absolute Gasteiger partial charge is 0.410 e. The number of benzene rings is 1. The lowest BCUT2D eigenvalue weighted by atomic mass is 9.94. The zero-order chi connectivity index (χ0) is 24.5. The van der Waals surface area contributed by atoms with Crippen LogP contribution in [0.3, 0.4) is 0 Å². The monoisotopic (exact) mass is 487 g/mol. The van der Waals surface area contributed by atoms with Crippen LogP contribution in [0.5, 0.6) is 0 Å². The van der Waals surface area contributed by atoms with E-state index in [1.54, 1.807) is 4.90 Å². The molecule has 0 bridgehead atoms. The first-order chi connectivity index (χ1) is 16.1. The SMILES string of the molecule is CC(C)(C)OC(=O)N1CCC(N2C(=O)[C@@H]3CC[C@@H](COCc4ccccc4)CN3[Si]2(C)C)CC1. The van der Waals surface area contributed by atoms with Gasteiger partial charge in [0, 0.05) is 19.1 Å². The van der Waals surface area contributed by atoms with Gasteiger partial charge in [-0.2, -0.15) is 0 Å². The third-order valence-corrected chi connectivity index (χ3v) is 11.1. The van der Waals surface area contributed by atoms with Crippen molar-refractivity contribution in [2.45, 2.75) is 83.8 Å².